The number of esters is 1. The second-order valence-electron chi connectivity index (χ2n) is 6.76. The Balaban J connectivity index is 2.30. The van der Waals surface area contributed by atoms with Gasteiger partial charge in [0.05, 0.1) is 10.5 Å². The molecule has 0 aliphatic carbocycles. The average molecular weight is 349 g/mol. The van der Waals surface area contributed by atoms with Gasteiger partial charge in [0.1, 0.15) is 5.69 Å². The van der Waals surface area contributed by atoms with Crippen molar-refractivity contribution in [1.29, 1.82) is 0 Å². The Hall–Kier alpha value is -2.64. The lowest BCUT2D eigenvalue weighted by Crippen LogP contribution is -2.39. The number of nitro benzene ring substituents is 1. The molecule has 1 aliphatic rings. The molecule has 2 rings (SSSR count). The first-order chi connectivity index (χ1) is 11.7. The van der Waals surface area contributed by atoms with Crippen molar-refractivity contribution in [3.63, 3.8) is 0 Å². The van der Waals surface area contributed by atoms with Crippen molar-refractivity contribution < 1.29 is 19.2 Å². The van der Waals surface area contributed by atoms with Gasteiger partial charge in [-0.05, 0) is 37.3 Å². The van der Waals surface area contributed by atoms with Gasteiger partial charge in [-0.3, -0.25) is 14.9 Å². The van der Waals surface area contributed by atoms with Crippen LogP contribution in [0, 0.1) is 22.0 Å². The number of rotatable bonds is 5. The van der Waals surface area contributed by atoms with Gasteiger partial charge in [0, 0.05) is 19.2 Å². The molecule has 8 nitrogen and oxygen atoms in total. The summed E-state index contributed by atoms with van der Waals surface area (Å²) >= 11 is 0. The van der Waals surface area contributed by atoms with Gasteiger partial charge in [-0.15, -0.1) is 0 Å². The summed E-state index contributed by atoms with van der Waals surface area (Å²) in [5.41, 5.74) is 5.41. The maximum atomic E-state index is 12.1. The first kappa shape index (κ1) is 18.7. The standard InChI is InChI=1S/C17H23N3O5/c1-10-6-11(2)9-19(8-10)14-5-4-13(7-15(14)20(23)24)17(22)25-12(3)16(18)21/h4-5,7,10-12H,6,8-9H2,1-3H3,(H2,18,21). The first-order valence-electron chi connectivity index (χ1n) is 8.22. The number of primary amides is 1. The maximum absolute atomic E-state index is 12.1. The molecule has 1 fully saturated rings. The van der Waals surface area contributed by atoms with E-state index in [-0.39, 0.29) is 11.3 Å². The predicted octanol–water partition coefficient (Wildman–Crippen LogP) is 2.11. The van der Waals surface area contributed by atoms with E-state index >= 15 is 0 Å². The van der Waals surface area contributed by atoms with Gasteiger partial charge in [-0.2, -0.15) is 0 Å². The van der Waals surface area contributed by atoms with E-state index in [0.717, 1.165) is 19.5 Å². The lowest BCUT2D eigenvalue weighted by molar-refractivity contribution is -0.384. The van der Waals surface area contributed by atoms with Gasteiger partial charge in [-0.1, -0.05) is 13.8 Å². The quantitative estimate of drug-likeness (QED) is 0.494. The molecule has 1 aromatic carbocycles. The van der Waals surface area contributed by atoms with Crippen LogP contribution in [-0.2, 0) is 9.53 Å². The summed E-state index contributed by atoms with van der Waals surface area (Å²) in [5, 5.41) is 11.5. The highest BCUT2D eigenvalue weighted by Gasteiger charge is 2.28. The fraction of sp³-hybridized carbons (Fsp3) is 0.529. The van der Waals surface area contributed by atoms with Crippen molar-refractivity contribution in [2.24, 2.45) is 17.6 Å². The van der Waals surface area contributed by atoms with Crippen molar-refractivity contribution in [2.45, 2.75) is 33.3 Å². The van der Waals surface area contributed by atoms with Crippen LogP contribution in [0.5, 0.6) is 0 Å². The molecule has 2 N–H and O–H groups in total. The number of hydrogen-bond donors (Lipinski definition) is 1. The third-order valence-electron chi connectivity index (χ3n) is 4.30. The van der Waals surface area contributed by atoms with Crippen molar-refractivity contribution in [1.82, 2.24) is 0 Å². The Labute approximate surface area is 146 Å². The number of ether oxygens (including phenoxy) is 1. The highest BCUT2D eigenvalue weighted by atomic mass is 16.6. The SMILES string of the molecule is CC1CC(C)CN(c2ccc(C(=O)OC(C)C(N)=O)cc2[N+](=O)[O-])C1. The van der Waals surface area contributed by atoms with Crippen LogP contribution in [0.15, 0.2) is 18.2 Å². The zero-order valence-corrected chi connectivity index (χ0v) is 14.6. The molecule has 1 aliphatic heterocycles. The van der Waals surface area contributed by atoms with Crippen LogP contribution in [0.1, 0.15) is 37.6 Å². The first-order valence-corrected chi connectivity index (χ1v) is 8.22. The highest BCUT2D eigenvalue weighted by Crippen LogP contribution is 2.34. The van der Waals surface area contributed by atoms with Crippen LogP contribution in [0.25, 0.3) is 0 Å². The Morgan fingerprint density at radius 2 is 1.92 bits per heavy atom. The van der Waals surface area contributed by atoms with E-state index in [2.05, 4.69) is 13.8 Å². The van der Waals surface area contributed by atoms with Gasteiger partial charge >= 0.3 is 5.97 Å². The number of benzene rings is 1. The molecule has 1 saturated heterocycles. The number of carbonyl (C=O) groups is 2. The summed E-state index contributed by atoms with van der Waals surface area (Å²) in [6.07, 6.45) is -0.0188. The minimum atomic E-state index is -1.10. The molecule has 1 amide bonds. The van der Waals surface area contributed by atoms with E-state index in [4.69, 9.17) is 10.5 Å². The second-order valence-corrected chi connectivity index (χ2v) is 6.76. The summed E-state index contributed by atoms with van der Waals surface area (Å²) < 4.78 is 4.90. The number of amides is 1. The van der Waals surface area contributed by atoms with Crippen LogP contribution in [0.3, 0.4) is 0 Å². The normalized spacial score (nSPS) is 21.5. The molecule has 0 spiro atoms. The van der Waals surface area contributed by atoms with Crippen molar-refractivity contribution in [3.8, 4) is 0 Å². The topological polar surface area (TPSA) is 116 Å². The van der Waals surface area contributed by atoms with Crippen molar-refractivity contribution >= 4 is 23.3 Å². The van der Waals surface area contributed by atoms with Gasteiger partial charge in [0.2, 0.25) is 0 Å². The van der Waals surface area contributed by atoms with Crippen LogP contribution >= 0.6 is 0 Å². The Bertz CT molecular complexity index is 681. The van der Waals surface area contributed by atoms with E-state index in [1.807, 2.05) is 4.90 Å². The Morgan fingerprint density at radius 1 is 1.32 bits per heavy atom. The lowest BCUT2D eigenvalue weighted by atomic mass is 9.91. The minimum absolute atomic E-state index is 0.0154. The molecule has 1 heterocycles. The number of piperidine rings is 1. The van der Waals surface area contributed by atoms with Crippen LogP contribution in [0.4, 0.5) is 11.4 Å². The lowest BCUT2D eigenvalue weighted by Gasteiger charge is -2.36. The average Bonchev–Trinajstić information content (AvgIpc) is 2.53. The molecule has 25 heavy (non-hydrogen) atoms. The monoisotopic (exact) mass is 349 g/mol. The second kappa shape index (κ2) is 7.50. The largest absolute Gasteiger partial charge is 0.449 e. The maximum Gasteiger partial charge on any atom is 0.339 e. The minimum Gasteiger partial charge on any atom is -0.449 e. The van der Waals surface area contributed by atoms with Gasteiger partial charge in [0.15, 0.2) is 6.10 Å². The molecule has 3 atom stereocenters. The molecule has 136 valence electrons. The molecule has 8 heteroatoms. The third kappa shape index (κ3) is 4.46. The molecular formula is C17H23N3O5. The van der Waals surface area contributed by atoms with E-state index in [0.29, 0.717) is 17.5 Å². The van der Waals surface area contributed by atoms with Gasteiger partial charge in [-0.25, -0.2) is 4.79 Å². The molecule has 0 radical (unpaired) electrons. The number of nitrogens with zero attached hydrogens (tertiary/aromatic N) is 2. The fourth-order valence-corrected chi connectivity index (χ4v) is 3.21. The van der Waals surface area contributed by atoms with Crippen LogP contribution in [0.2, 0.25) is 0 Å². The smallest absolute Gasteiger partial charge is 0.339 e. The summed E-state index contributed by atoms with van der Waals surface area (Å²) in [6, 6.07) is 4.23. The van der Waals surface area contributed by atoms with E-state index < -0.39 is 22.9 Å². The molecular weight excluding hydrogens is 326 g/mol. The summed E-state index contributed by atoms with van der Waals surface area (Å²) in [4.78, 5) is 36.0. The number of anilines is 1. The molecule has 0 bridgehead atoms. The summed E-state index contributed by atoms with van der Waals surface area (Å²) in [7, 11) is 0. The predicted molar refractivity (Wildman–Crippen MR) is 92.3 cm³/mol. The highest BCUT2D eigenvalue weighted by molar-refractivity contribution is 5.93. The van der Waals surface area contributed by atoms with Crippen molar-refractivity contribution in [2.75, 3.05) is 18.0 Å². The van der Waals surface area contributed by atoms with E-state index in [1.165, 1.54) is 19.1 Å². The zero-order valence-electron chi connectivity index (χ0n) is 14.6. The van der Waals surface area contributed by atoms with Crippen LogP contribution < -0.4 is 10.6 Å². The Kier molecular flexibility index (Phi) is 5.61. The molecule has 1 aromatic rings. The number of nitrogens with two attached hydrogens (primary N) is 1. The zero-order chi connectivity index (χ0) is 18.7. The van der Waals surface area contributed by atoms with Gasteiger partial charge < -0.3 is 15.4 Å². The number of carbonyl (C=O) groups excluding carboxylic acids is 2. The molecule has 0 aromatic heterocycles. The number of hydrogen-bond acceptors (Lipinski definition) is 6. The third-order valence-corrected chi connectivity index (χ3v) is 4.30. The molecule has 3 unspecified atom stereocenters. The molecule has 0 saturated carbocycles. The summed E-state index contributed by atoms with van der Waals surface area (Å²) in [6.45, 7) is 7.04. The van der Waals surface area contributed by atoms with E-state index in [1.54, 1.807) is 6.07 Å². The summed E-state index contributed by atoms with van der Waals surface area (Å²) in [5.74, 6) is -0.731. The van der Waals surface area contributed by atoms with Crippen molar-refractivity contribution in [3.05, 3.63) is 33.9 Å². The van der Waals surface area contributed by atoms with Gasteiger partial charge in [0.25, 0.3) is 11.6 Å². The van der Waals surface area contributed by atoms with Crippen LogP contribution in [-0.4, -0.2) is 36.0 Å². The number of nitro groups is 1. The fourth-order valence-electron chi connectivity index (χ4n) is 3.21. The Morgan fingerprint density at radius 3 is 2.44 bits per heavy atom. The van der Waals surface area contributed by atoms with E-state index in [9.17, 15) is 19.7 Å².